The smallest absolute Gasteiger partial charge is 0.335 e. The summed E-state index contributed by atoms with van der Waals surface area (Å²) < 4.78 is 0. The van der Waals surface area contributed by atoms with Gasteiger partial charge in [0.25, 0.3) is 0 Å². The molecular weight excluding hydrogens is 304 g/mol. The molecule has 0 spiro atoms. The van der Waals surface area contributed by atoms with Crippen molar-refractivity contribution in [1.82, 2.24) is 0 Å². The van der Waals surface area contributed by atoms with Crippen molar-refractivity contribution in [1.29, 1.82) is 0 Å². The fraction of sp³-hybridized carbons (Fsp3) is 0.200. The predicted molar refractivity (Wildman–Crippen MR) is 96.0 cm³/mol. The molecule has 0 heterocycles. The number of hydrogen-bond acceptors (Lipinski definition) is 2. The van der Waals surface area contributed by atoms with Gasteiger partial charge in [0.05, 0.1) is 11.1 Å². The van der Waals surface area contributed by atoms with Gasteiger partial charge in [-0.15, -0.1) is 13.2 Å². The molecule has 0 saturated heterocycles. The van der Waals surface area contributed by atoms with Gasteiger partial charge >= 0.3 is 11.9 Å². The number of benzene rings is 2. The molecule has 4 heteroatoms. The summed E-state index contributed by atoms with van der Waals surface area (Å²) >= 11 is 0. The Morgan fingerprint density at radius 3 is 1.04 bits per heavy atom. The average Bonchev–Trinajstić information content (AvgIpc) is 2.50. The Hall–Kier alpha value is -2.88. The van der Waals surface area contributed by atoms with Gasteiger partial charge in [-0.1, -0.05) is 0 Å². The van der Waals surface area contributed by atoms with Gasteiger partial charge in [0.1, 0.15) is 0 Å². The van der Waals surface area contributed by atoms with Gasteiger partial charge in [0, 0.05) is 0 Å². The lowest BCUT2D eigenvalue weighted by Gasteiger charge is -2.17. The highest BCUT2D eigenvalue weighted by Gasteiger charge is 2.16. The molecule has 126 valence electrons. The number of carboxylic acids is 2. The summed E-state index contributed by atoms with van der Waals surface area (Å²) in [5.41, 5.74) is 5.93. The van der Waals surface area contributed by atoms with Crippen LogP contribution in [0.25, 0.3) is 11.1 Å². The minimum Gasteiger partial charge on any atom is -0.478 e. The number of carboxylic acid groups (broad SMARTS) is 2. The molecule has 0 radical (unpaired) electrons. The number of rotatable bonds is 3. The van der Waals surface area contributed by atoms with E-state index < -0.39 is 11.9 Å². The van der Waals surface area contributed by atoms with E-state index in [4.69, 9.17) is 10.2 Å². The third-order valence-corrected chi connectivity index (χ3v) is 3.81. The second kappa shape index (κ2) is 7.59. The Kier molecular flexibility index (Phi) is 6.07. The van der Waals surface area contributed by atoms with E-state index in [0.29, 0.717) is 0 Å². The minimum atomic E-state index is -0.951. The van der Waals surface area contributed by atoms with Gasteiger partial charge in [-0.05, 0) is 85.3 Å². The summed E-state index contributed by atoms with van der Waals surface area (Å²) in [6.45, 7) is 13.5. The minimum absolute atomic E-state index is 0.260. The van der Waals surface area contributed by atoms with Crippen LogP contribution in [0.2, 0.25) is 0 Å². The molecule has 0 aromatic heterocycles. The van der Waals surface area contributed by atoms with Gasteiger partial charge in [-0.3, -0.25) is 0 Å². The second-order valence-corrected chi connectivity index (χ2v) is 5.58. The Morgan fingerprint density at radius 2 is 0.875 bits per heavy atom. The molecule has 0 aliphatic rings. The molecule has 0 amide bonds. The maximum atomic E-state index is 11.1. The van der Waals surface area contributed by atoms with Crippen LogP contribution in [0, 0.1) is 27.7 Å². The van der Waals surface area contributed by atoms with Crippen LogP contribution in [0.4, 0.5) is 0 Å². The van der Waals surface area contributed by atoms with E-state index in [1.807, 2.05) is 27.7 Å². The number of carbonyl (C=O) groups is 2. The fourth-order valence-electron chi connectivity index (χ4n) is 2.96. The van der Waals surface area contributed by atoms with Crippen LogP contribution in [-0.2, 0) is 0 Å². The molecular formula is C20H22O4. The SMILES string of the molecule is C=C.Cc1cc(C(=O)O)cc(C)c1-c1c(C)cc(C(=O)O)cc1C. The molecule has 2 aromatic carbocycles. The van der Waals surface area contributed by atoms with Crippen LogP contribution >= 0.6 is 0 Å². The fourth-order valence-corrected chi connectivity index (χ4v) is 2.96. The Labute approximate surface area is 142 Å². The normalized spacial score (nSPS) is 9.83. The highest BCUT2D eigenvalue weighted by atomic mass is 16.4. The van der Waals surface area contributed by atoms with Crippen LogP contribution in [-0.4, -0.2) is 22.2 Å². The molecule has 0 fully saturated rings. The van der Waals surface area contributed by atoms with Crippen LogP contribution < -0.4 is 0 Å². The molecule has 2 aromatic rings. The van der Waals surface area contributed by atoms with E-state index in [0.717, 1.165) is 33.4 Å². The summed E-state index contributed by atoms with van der Waals surface area (Å²) in [4.78, 5) is 22.3. The zero-order valence-electron chi connectivity index (χ0n) is 14.4. The monoisotopic (exact) mass is 326 g/mol. The predicted octanol–water partition coefficient (Wildman–Crippen LogP) is 4.79. The first kappa shape index (κ1) is 19.2. The number of aryl methyl sites for hydroxylation is 4. The third-order valence-electron chi connectivity index (χ3n) is 3.81. The van der Waals surface area contributed by atoms with Crippen LogP contribution in [0.15, 0.2) is 37.4 Å². The summed E-state index contributed by atoms with van der Waals surface area (Å²) in [5.74, 6) is -1.90. The highest BCUT2D eigenvalue weighted by molar-refractivity contribution is 5.92. The van der Waals surface area contributed by atoms with Crippen molar-refractivity contribution in [2.24, 2.45) is 0 Å². The van der Waals surface area contributed by atoms with Crippen molar-refractivity contribution in [2.75, 3.05) is 0 Å². The zero-order valence-corrected chi connectivity index (χ0v) is 14.4. The molecule has 24 heavy (non-hydrogen) atoms. The van der Waals surface area contributed by atoms with Crippen molar-refractivity contribution in [3.8, 4) is 11.1 Å². The van der Waals surface area contributed by atoms with Crippen LogP contribution in [0.1, 0.15) is 43.0 Å². The molecule has 0 aliphatic carbocycles. The second-order valence-electron chi connectivity index (χ2n) is 5.58. The van der Waals surface area contributed by atoms with Gasteiger partial charge < -0.3 is 10.2 Å². The molecule has 0 atom stereocenters. The first-order chi connectivity index (χ1) is 11.2. The van der Waals surface area contributed by atoms with Gasteiger partial charge in [0.2, 0.25) is 0 Å². The largest absolute Gasteiger partial charge is 0.478 e. The van der Waals surface area contributed by atoms with E-state index >= 15 is 0 Å². The molecule has 2 N–H and O–H groups in total. The number of aromatic carboxylic acids is 2. The van der Waals surface area contributed by atoms with E-state index in [2.05, 4.69) is 13.2 Å². The standard InChI is InChI=1S/C18H18O4.C2H4/c1-9-5-13(17(19)20)6-10(2)15(9)16-11(3)7-14(18(21)22)8-12(16)4;1-2/h5-8H,1-4H3,(H,19,20)(H,21,22);1-2H2. The van der Waals surface area contributed by atoms with E-state index in [1.54, 1.807) is 24.3 Å². The first-order valence-electron chi connectivity index (χ1n) is 7.41. The van der Waals surface area contributed by atoms with E-state index in [9.17, 15) is 9.59 Å². The Balaban J connectivity index is 0.00000139. The van der Waals surface area contributed by atoms with Crippen molar-refractivity contribution >= 4 is 11.9 Å². The van der Waals surface area contributed by atoms with Crippen LogP contribution in [0.3, 0.4) is 0 Å². The van der Waals surface area contributed by atoms with Crippen molar-refractivity contribution in [2.45, 2.75) is 27.7 Å². The lowest BCUT2D eigenvalue weighted by atomic mass is 9.87. The highest BCUT2D eigenvalue weighted by Crippen LogP contribution is 2.34. The average molecular weight is 326 g/mol. The lowest BCUT2D eigenvalue weighted by molar-refractivity contribution is 0.0686. The van der Waals surface area contributed by atoms with Gasteiger partial charge in [-0.25, -0.2) is 9.59 Å². The summed E-state index contributed by atoms with van der Waals surface area (Å²) in [6.07, 6.45) is 0. The molecule has 2 rings (SSSR count). The summed E-state index contributed by atoms with van der Waals surface area (Å²) in [7, 11) is 0. The quantitative estimate of drug-likeness (QED) is 0.796. The molecule has 0 saturated carbocycles. The summed E-state index contributed by atoms with van der Waals surface area (Å²) in [6, 6.07) is 6.59. The number of hydrogen-bond donors (Lipinski definition) is 2. The molecule has 0 unspecified atom stereocenters. The molecule has 0 bridgehead atoms. The molecule has 0 aliphatic heterocycles. The van der Waals surface area contributed by atoms with Crippen molar-refractivity contribution in [3.05, 3.63) is 70.8 Å². The van der Waals surface area contributed by atoms with E-state index in [-0.39, 0.29) is 11.1 Å². The van der Waals surface area contributed by atoms with Crippen LogP contribution in [0.5, 0.6) is 0 Å². The maximum absolute atomic E-state index is 11.1. The van der Waals surface area contributed by atoms with Crippen molar-refractivity contribution in [3.63, 3.8) is 0 Å². The van der Waals surface area contributed by atoms with E-state index in [1.165, 1.54) is 0 Å². The zero-order chi connectivity index (χ0) is 18.6. The van der Waals surface area contributed by atoms with Gasteiger partial charge in [-0.2, -0.15) is 0 Å². The molecule has 4 nitrogen and oxygen atoms in total. The Bertz CT molecular complexity index is 690. The first-order valence-corrected chi connectivity index (χ1v) is 7.41. The van der Waals surface area contributed by atoms with Crippen molar-refractivity contribution < 1.29 is 19.8 Å². The lowest BCUT2D eigenvalue weighted by Crippen LogP contribution is -2.03. The Morgan fingerprint density at radius 1 is 0.667 bits per heavy atom. The van der Waals surface area contributed by atoms with Gasteiger partial charge in [0.15, 0.2) is 0 Å². The summed E-state index contributed by atoms with van der Waals surface area (Å²) in [5, 5.41) is 18.3. The third kappa shape index (κ3) is 3.71. The topological polar surface area (TPSA) is 74.6 Å². The maximum Gasteiger partial charge on any atom is 0.335 e.